The Balaban J connectivity index is 2.10. The van der Waals surface area contributed by atoms with E-state index in [1.165, 1.54) is 0 Å². The van der Waals surface area contributed by atoms with Gasteiger partial charge in [0, 0.05) is 13.0 Å². The van der Waals surface area contributed by atoms with Gasteiger partial charge < -0.3 is 10.4 Å². The van der Waals surface area contributed by atoms with Gasteiger partial charge in [-0.15, -0.1) is 0 Å². The SMILES string of the molecule is O=C1CCC(NCCCCCO)C(=O)N1. The number of hydrogen-bond acceptors (Lipinski definition) is 4. The number of carbonyl (C=O) groups excluding carboxylic acids is 2. The van der Waals surface area contributed by atoms with E-state index in [1.54, 1.807) is 0 Å². The molecule has 0 radical (unpaired) electrons. The van der Waals surface area contributed by atoms with Crippen LogP contribution in [-0.2, 0) is 9.59 Å². The van der Waals surface area contributed by atoms with Crippen molar-refractivity contribution in [2.75, 3.05) is 13.2 Å². The molecular weight excluding hydrogens is 196 g/mol. The molecule has 0 spiro atoms. The molecule has 0 aromatic rings. The van der Waals surface area contributed by atoms with Gasteiger partial charge in [0.1, 0.15) is 0 Å². The minimum atomic E-state index is -0.225. The van der Waals surface area contributed by atoms with Gasteiger partial charge in [-0.2, -0.15) is 0 Å². The first-order valence-electron chi connectivity index (χ1n) is 5.42. The molecule has 0 aromatic heterocycles. The van der Waals surface area contributed by atoms with E-state index < -0.39 is 0 Å². The number of carbonyl (C=O) groups is 2. The molecule has 0 saturated carbocycles. The van der Waals surface area contributed by atoms with Gasteiger partial charge in [-0.05, 0) is 32.2 Å². The van der Waals surface area contributed by atoms with Gasteiger partial charge in [-0.25, -0.2) is 0 Å². The molecule has 1 atom stereocenters. The molecule has 0 aliphatic carbocycles. The highest BCUT2D eigenvalue weighted by Gasteiger charge is 2.25. The fraction of sp³-hybridized carbons (Fsp3) is 0.800. The summed E-state index contributed by atoms with van der Waals surface area (Å²) in [5, 5.41) is 14.0. The molecule has 5 nitrogen and oxygen atoms in total. The van der Waals surface area contributed by atoms with Crippen molar-refractivity contribution in [3.05, 3.63) is 0 Å². The van der Waals surface area contributed by atoms with Crippen LogP contribution in [0, 0.1) is 0 Å². The normalized spacial score (nSPS) is 21.5. The Bertz CT molecular complexity index is 231. The predicted molar refractivity (Wildman–Crippen MR) is 55.1 cm³/mol. The van der Waals surface area contributed by atoms with Gasteiger partial charge in [0.05, 0.1) is 6.04 Å². The van der Waals surface area contributed by atoms with Crippen LogP contribution in [0.15, 0.2) is 0 Å². The van der Waals surface area contributed by atoms with Gasteiger partial charge in [0.2, 0.25) is 11.8 Å². The molecular formula is C10H18N2O3. The maximum Gasteiger partial charge on any atom is 0.243 e. The predicted octanol–water partition coefficient (Wildman–Crippen LogP) is -0.456. The summed E-state index contributed by atoms with van der Waals surface area (Å²) >= 11 is 0. The van der Waals surface area contributed by atoms with Crippen molar-refractivity contribution < 1.29 is 14.7 Å². The lowest BCUT2D eigenvalue weighted by Crippen LogP contribution is -2.50. The molecule has 3 N–H and O–H groups in total. The fourth-order valence-electron chi connectivity index (χ4n) is 1.58. The Morgan fingerprint density at radius 3 is 2.80 bits per heavy atom. The van der Waals surface area contributed by atoms with E-state index in [4.69, 9.17) is 5.11 Å². The van der Waals surface area contributed by atoms with E-state index in [-0.39, 0.29) is 24.5 Å². The number of hydrogen-bond donors (Lipinski definition) is 3. The van der Waals surface area contributed by atoms with E-state index in [0.717, 1.165) is 25.8 Å². The molecule has 5 heteroatoms. The summed E-state index contributed by atoms with van der Waals surface area (Å²) in [6.07, 6.45) is 3.71. The topological polar surface area (TPSA) is 78.4 Å². The molecule has 1 unspecified atom stereocenters. The molecule has 1 fully saturated rings. The highest BCUT2D eigenvalue weighted by molar-refractivity contribution is 6.00. The quantitative estimate of drug-likeness (QED) is 0.413. The maximum atomic E-state index is 11.3. The zero-order chi connectivity index (χ0) is 11.1. The monoisotopic (exact) mass is 214 g/mol. The molecule has 1 rings (SSSR count). The molecule has 1 aliphatic rings. The van der Waals surface area contributed by atoms with E-state index in [9.17, 15) is 9.59 Å². The first-order chi connectivity index (χ1) is 7.24. The minimum Gasteiger partial charge on any atom is -0.396 e. The number of aliphatic hydroxyl groups excluding tert-OH is 1. The average Bonchev–Trinajstić information content (AvgIpc) is 2.20. The van der Waals surface area contributed by atoms with Crippen LogP contribution in [0.25, 0.3) is 0 Å². The van der Waals surface area contributed by atoms with Crippen molar-refractivity contribution in [2.45, 2.75) is 38.1 Å². The second-order valence-electron chi connectivity index (χ2n) is 3.74. The summed E-state index contributed by atoms with van der Waals surface area (Å²) < 4.78 is 0. The van der Waals surface area contributed by atoms with Crippen LogP contribution in [-0.4, -0.2) is 36.1 Å². The minimum absolute atomic E-state index is 0.182. The molecule has 86 valence electrons. The lowest BCUT2D eigenvalue weighted by molar-refractivity contribution is -0.134. The van der Waals surface area contributed by atoms with Crippen molar-refractivity contribution in [3.8, 4) is 0 Å². The molecule has 1 heterocycles. The molecule has 1 saturated heterocycles. The van der Waals surface area contributed by atoms with E-state index in [1.807, 2.05) is 0 Å². The third-order valence-corrected chi connectivity index (χ3v) is 2.46. The Morgan fingerprint density at radius 2 is 2.13 bits per heavy atom. The van der Waals surface area contributed by atoms with Gasteiger partial charge in [-0.3, -0.25) is 14.9 Å². The number of unbranched alkanes of at least 4 members (excludes halogenated alkanes) is 2. The number of nitrogens with one attached hydrogen (secondary N) is 2. The Morgan fingerprint density at radius 1 is 1.33 bits per heavy atom. The molecule has 0 aromatic carbocycles. The lowest BCUT2D eigenvalue weighted by atomic mass is 10.1. The van der Waals surface area contributed by atoms with Crippen LogP contribution < -0.4 is 10.6 Å². The van der Waals surface area contributed by atoms with Crippen molar-refractivity contribution in [3.63, 3.8) is 0 Å². The second-order valence-corrected chi connectivity index (χ2v) is 3.74. The first-order valence-corrected chi connectivity index (χ1v) is 5.42. The van der Waals surface area contributed by atoms with Crippen LogP contribution >= 0.6 is 0 Å². The molecule has 15 heavy (non-hydrogen) atoms. The first kappa shape index (κ1) is 12.1. The Kier molecular flexibility index (Phi) is 5.28. The largest absolute Gasteiger partial charge is 0.396 e. The van der Waals surface area contributed by atoms with Crippen molar-refractivity contribution >= 4 is 11.8 Å². The Hall–Kier alpha value is -0.940. The zero-order valence-corrected chi connectivity index (χ0v) is 8.79. The van der Waals surface area contributed by atoms with Crippen LogP contribution in [0.4, 0.5) is 0 Å². The molecule has 1 aliphatic heterocycles. The summed E-state index contributed by atoms with van der Waals surface area (Å²) in [6.45, 7) is 0.977. The highest BCUT2D eigenvalue weighted by Crippen LogP contribution is 2.04. The lowest BCUT2D eigenvalue weighted by Gasteiger charge is -2.21. The number of imide groups is 1. The van der Waals surface area contributed by atoms with Crippen molar-refractivity contribution in [1.29, 1.82) is 0 Å². The smallest absolute Gasteiger partial charge is 0.243 e. The van der Waals surface area contributed by atoms with Gasteiger partial charge >= 0.3 is 0 Å². The van der Waals surface area contributed by atoms with Gasteiger partial charge in [0.25, 0.3) is 0 Å². The van der Waals surface area contributed by atoms with Gasteiger partial charge in [-0.1, -0.05) is 0 Å². The zero-order valence-electron chi connectivity index (χ0n) is 8.79. The third-order valence-electron chi connectivity index (χ3n) is 2.46. The summed E-state index contributed by atoms with van der Waals surface area (Å²) in [7, 11) is 0. The van der Waals surface area contributed by atoms with E-state index in [2.05, 4.69) is 10.6 Å². The molecule has 2 amide bonds. The highest BCUT2D eigenvalue weighted by atomic mass is 16.3. The number of piperidine rings is 1. The second kappa shape index (κ2) is 6.53. The summed E-state index contributed by atoms with van der Waals surface area (Å²) in [5.74, 6) is -0.397. The summed E-state index contributed by atoms with van der Waals surface area (Å²) in [5.41, 5.74) is 0. The number of amides is 2. The number of rotatable bonds is 6. The van der Waals surface area contributed by atoms with E-state index in [0.29, 0.717) is 12.8 Å². The van der Waals surface area contributed by atoms with Crippen LogP contribution in [0.5, 0.6) is 0 Å². The van der Waals surface area contributed by atoms with E-state index >= 15 is 0 Å². The average molecular weight is 214 g/mol. The fourth-order valence-corrected chi connectivity index (χ4v) is 1.58. The number of aliphatic hydroxyl groups is 1. The van der Waals surface area contributed by atoms with Crippen LogP contribution in [0.2, 0.25) is 0 Å². The summed E-state index contributed by atoms with van der Waals surface area (Å²) in [4.78, 5) is 22.1. The van der Waals surface area contributed by atoms with Crippen LogP contribution in [0.3, 0.4) is 0 Å². The van der Waals surface area contributed by atoms with Crippen molar-refractivity contribution in [2.24, 2.45) is 0 Å². The maximum absolute atomic E-state index is 11.3. The van der Waals surface area contributed by atoms with Crippen molar-refractivity contribution in [1.82, 2.24) is 10.6 Å². The van der Waals surface area contributed by atoms with Gasteiger partial charge in [0.15, 0.2) is 0 Å². The third kappa shape index (κ3) is 4.40. The Labute approximate surface area is 89.2 Å². The van der Waals surface area contributed by atoms with Crippen LogP contribution in [0.1, 0.15) is 32.1 Å². The standard InChI is InChI=1S/C10H18N2O3/c13-7-3-1-2-6-11-8-4-5-9(14)12-10(8)15/h8,11,13H,1-7H2,(H,12,14,15). The molecule has 0 bridgehead atoms. The summed E-state index contributed by atoms with van der Waals surface area (Å²) in [6, 6.07) is -0.225.